The Morgan fingerprint density at radius 2 is 1.75 bits per heavy atom. The molecule has 51 heavy (non-hydrogen) atoms. The van der Waals surface area contributed by atoms with Crippen LogP contribution in [0.2, 0.25) is 5.02 Å². The van der Waals surface area contributed by atoms with Crippen LogP contribution in [-0.2, 0) is 35.6 Å². The van der Waals surface area contributed by atoms with E-state index in [1.54, 1.807) is 48.5 Å². The van der Waals surface area contributed by atoms with E-state index in [4.69, 9.17) is 15.8 Å². The fourth-order valence-corrected chi connectivity index (χ4v) is 7.76. The summed E-state index contributed by atoms with van der Waals surface area (Å²) < 4.78 is 61.2. The maximum Gasteiger partial charge on any atom is 0.322 e. The van der Waals surface area contributed by atoms with Gasteiger partial charge in [-0.05, 0) is 99.2 Å². The molecule has 0 aromatic heterocycles. The zero-order chi connectivity index (χ0) is 37.1. The van der Waals surface area contributed by atoms with E-state index >= 15 is 4.39 Å². The van der Waals surface area contributed by atoms with Crippen LogP contribution in [-0.4, -0.2) is 59.2 Å². The van der Waals surface area contributed by atoms with Crippen LogP contribution in [0.5, 0.6) is 0 Å². The highest BCUT2D eigenvalue weighted by molar-refractivity contribution is 7.86. The number of carbonyl (C=O) groups excluding carboxylic acids is 2. The molecule has 1 aliphatic heterocycles. The molecule has 4 atom stereocenters. The molecule has 1 heterocycles. The summed E-state index contributed by atoms with van der Waals surface area (Å²) in [6, 6.07) is 17.7. The molecule has 2 fully saturated rings. The second kappa shape index (κ2) is 15.4. The lowest BCUT2D eigenvalue weighted by molar-refractivity contribution is -0.119. The van der Waals surface area contributed by atoms with Gasteiger partial charge in [0.05, 0.1) is 57.5 Å². The van der Waals surface area contributed by atoms with Crippen LogP contribution in [0.3, 0.4) is 0 Å². The van der Waals surface area contributed by atoms with E-state index in [0.29, 0.717) is 39.7 Å². The maximum atomic E-state index is 15.6. The highest BCUT2D eigenvalue weighted by Crippen LogP contribution is 2.43. The quantitative estimate of drug-likeness (QED) is 0.180. The van der Waals surface area contributed by atoms with Gasteiger partial charge in [-0.2, -0.15) is 13.7 Å². The van der Waals surface area contributed by atoms with Crippen molar-refractivity contribution in [3.63, 3.8) is 0 Å². The number of likely N-dealkylation sites (tertiary alicyclic amines) is 1. The van der Waals surface area contributed by atoms with Gasteiger partial charge in [-0.1, -0.05) is 42.6 Å². The standard InChI is InChI=1S/C36H41ClFN5O6S2/c1-35(2,3)50(46)42-36(17-16-23-8-9-23,25-7-5-6-24(18-25)21-39)26-10-15-30(38)31(19-26)41-33(44)32-20-29(49-51(4,47)48)22-43(32)34(45)40-28-13-11-27(37)12-14-28/h5-7,10-15,18-19,23,29,32,42H,8-9,16-17,20,22H2,1-4H3,(H,40,45)(H,41,44)/t29-,32-,36?,50-/m1/s1. The fraction of sp³-hybridized carbons (Fsp3) is 0.417. The molecule has 5 rings (SSSR count). The van der Waals surface area contributed by atoms with Gasteiger partial charge in [-0.3, -0.25) is 8.98 Å². The molecular weight excluding hydrogens is 717 g/mol. The molecule has 1 unspecified atom stereocenters. The summed E-state index contributed by atoms with van der Waals surface area (Å²) in [7, 11) is -5.54. The number of anilines is 2. The van der Waals surface area contributed by atoms with E-state index in [-0.39, 0.29) is 18.7 Å². The van der Waals surface area contributed by atoms with Crippen molar-refractivity contribution in [3.05, 3.63) is 94.3 Å². The van der Waals surface area contributed by atoms with Crippen molar-refractivity contribution >= 4 is 56.0 Å². The Balaban J connectivity index is 1.51. The van der Waals surface area contributed by atoms with E-state index < -0.39 is 61.3 Å². The van der Waals surface area contributed by atoms with Gasteiger partial charge in [-0.15, -0.1) is 0 Å². The third kappa shape index (κ3) is 9.72. The molecule has 0 bridgehead atoms. The van der Waals surface area contributed by atoms with Gasteiger partial charge in [0, 0.05) is 17.1 Å². The minimum absolute atomic E-state index is 0.174. The second-order valence-corrected chi connectivity index (χ2v) is 18.0. The van der Waals surface area contributed by atoms with Crippen molar-refractivity contribution in [2.45, 2.75) is 75.3 Å². The lowest BCUT2D eigenvalue weighted by Gasteiger charge is -2.38. The van der Waals surface area contributed by atoms with E-state index in [1.165, 1.54) is 12.1 Å². The van der Waals surface area contributed by atoms with Gasteiger partial charge >= 0.3 is 6.03 Å². The third-order valence-corrected chi connectivity index (χ3v) is 11.4. The second-order valence-electron chi connectivity index (χ2n) is 14.0. The number of halogens is 2. The molecule has 15 heteroatoms. The fourth-order valence-electron chi connectivity index (χ4n) is 6.04. The molecule has 3 N–H and O–H groups in total. The van der Waals surface area contributed by atoms with Crippen LogP contribution in [0.1, 0.15) is 69.6 Å². The first-order valence-corrected chi connectivity index (χ1v) is 19.8. The zero-order valence-electron chi connectivity index (χ0n) is 28.7. The molecule has 0 radical (unpaired) electrons. The van der Waals surface area contributed by atoms with Crippen molar-refractivity contribution in [1.29, 1.82) is 5.26 Å². The van der Waals surface area contributed by atoms with Gasteiger partial charge in [0.25, 0.3) is 10.1 Å². The first kappa shape index (κ1) is 38.4. The first-order valence-electron chi connectivity index (χ1n) is 16.5. The van der Waals surface area contributed by atoms with E-state index in [9.17, 15) is 27.5 Å². The highest BCUT2D eigenvalue weighted by Gasteiger charge is 2.43. The minimum atomic E-state index is -3.93. The van der Waals surface area contributed by atoms with Gasteiger partial charge in [0.15, 0.2) is 0 Å². The van der Waals surface area contributed by atoms with E-state index in [1.807, 2.05) is 26.8 Å². The summed E-state index contributed by atoms with van der Waals surface area (Å²) in [5.41, 5.74) is 0.607. The highest BCUT2D eigenvalue weighted by atomic mass is 35.5. The van der Waals surface area contributed by atoms with Gasteiger partial charge < -0.3 is 15.5 Å². The molecule has 1 saturated heterocycles. The summed E-state index contributed by atoms with van der Waals surface area (Å²) in [5.74, 6) is -1.05. The number of hydrogen-bond acceptors (Lipinski definition) is 7. The van der Waals surface area contributed by atoms with E-state index in [2.05, 4.69) is 21.4 Å². The lowest BCUT2D eigenvalue weighted by Crippen LogP contribution is -2.49. The average molecular weight is 758 g/mol. The topological polar surface area (TPSA) is 158 Å². The number of urea groups is 1. The van der Waals surface area contributed by atoms with Gasteiger partial charge in [0.2, 0.25) is 5.91 Å². The minimum Gasteiger partial charge on any atom is -0.322 e. The maximum absolute atomic E-state index is 15.6. The Morgan fingerprint density at radius 1 is 1.06 bits per heavy atom. The van der Waals surface area contributed by atoms with Crippen LogP contribution in [0.15, 0.2) is 66.7 Å². The number of nitrogens with one attached hydrogen (secondary N) is 3. The summed E-state index contributed by atoms with van der Waals surface area (Å²) in [5, 5.41) is 15.5. The van der Waals surface area contributed by atoms with Crippen molar-refractivity contribution in [2.75, 3.05) is 23.4 Å². The number of nitriles is 1. The Morgan fingerprint density at radius 3 is 2.37 bits per heavy atom. The molecule has 11 nitrogen and oxygen atoms in total. The third-order valence-electron chi connectivity index (χ3n) is 8.88. The largest absolute Gasteiger partial charge is 0.322 e. The van der Waals surface area contributed by atoms with Crippen molar-refractivity contribution < 1.29 is 30.8 Å². The molecule has 2 aliphatic rings. The van der Waals surface area contributed by atoms with Gasteiger partial charge in [-0.25, -0.2) is 18.1 Å². The number of carbonyl (C=O) groups is 2. The average Bonchev–Trinajstić information content (AvgIpc) is 3.81. The van der Waals surface area contributed by atoms with Crippen LogP contribution in [0.25, 0.3) is 0 Å². The van der Waals surface area contributed by atoms with Gasteiger partial charge in [0.1, 0.15) is 11.9 Å². The molecule has 3 aromatic rings. The van der Waals surface area contributed by atoms with Crippen LogP contribution in [0, 0.1) is 23.1 Å². The smallest absolute Gasteiger partial charge is 0.322 e. The predicted molar refractivity (Wildman–Crippen MR) is 195 cm³/mol. The molecule has 272 valence electrons. The monoisotopic (exact) mass is 757 g/mol. The van der Waals surface area contributed by atoms with Crippen LogP contribution >= 0.6 is 11.6 Å². The molecule has 0 spiro atoms. The summed E-state index contributed by atoms with van der Waals surface area (Å²) in [4.78, 5) is 28.5. The molecule has 3 aromatic carbocycles. The van der Waals surface area contributed by atoms with Crippen molar-refractivity contribution in [3.8, 4) is 6.07 Å². The molecular formula is C36H41ClFN5O6S2. The number of rotatable bonds is 12. The lowest BCUT2D eigenvalue weighted by atomic mass is 9.79. The van der Waals surface area contributed by atoms with Crippen molar-refractivity contribution in [2.24, 2.45) is 5.92 Å². The Labute approximate surface area is 305 Å². The van der Waals surface area contributed by atoms with Crippen LogP contribution < -0.4 is 15.4 Å². The number of hydrogen-bond donors (Lipinski definition) is 3. The Kier molecular flexibility index (Phi) is 11.6. The molecule has 3 amide bonds. The Hall–Kier alpha value is -3.87. The Bertz CT molecular complexity index is 1960. The van der Waals surface area contributed by atoms with E-state index in [0.717, 1.165) is 30.4 Å². The summed E-state index contributed by atoms with van der Waals surface area (Å²) in [6.07, 6.45) is 3.05. The van der Waals surface area contributed by atoms with Crippen LogP contribution in [0.4, 0.5) is 20.6 Å². The number of benzene rings is 3. The zero-order valence-corrected chi connectivity index (χ0v) is 31.1. The normalized spacial score (nSPS) is 19.5. The number of nitrogens with zero attached hydrogens (tertiary/aromatic N) is 2. The molecule has 1 aliphatic carbocycles. The SMILES string of the molecule is CC(C)(C)[S@@](=O)NC(CCC1CC1)(c1cccc(C#N)c1)c1ccc(F)c(NC(=O)[C@H]2C[C@@H](OS(C)(=O)=O)CN2C(=O)Nc2ccc(Cl)cc2)c1. The van der Waals surface area contributed by atoms with Crippen molar-refractivity contribution in [1.82, 2.24) is 9.62 Å². The summed E-state index contributed by atoms with van der Waals surface area (Å²) in [6.45, 7) is 5.28. The summed E-state index contributed by atoms with van der Waals surface area (Å²) >= 11 is 5.96. The predicted octanol–water partition coefficient (Wildman–Crippen LogP) is 6.43. The number of amides is 3. The first-order chi connectivity index (χ1) is 24.0. The molecule has 1 saturated carbocycles.